The Hall–Kier alpha value is -2.11. The topological polar surface area (TPSA) is 90.7 Å². The lowest BCUT2D eigenvalue weighted by Crippen LogP contribution is -2.47. The van der Waals surface area contributed by atoms with Crippen molar-refractivity contribution in [1.82, 2.24) is 15.5 Å². The van der Waals surface area contributed by atoms with Crippen LogP contribution in [0.15, 0.2) is 22.5 Å². The molecule has 142 valence electrons. The Morgan fingerprint density at radius 1 is 1.44 bits per heavy atom. The molecule has 1 aliphatic rings. The standard InChI is InChI=1S/C19H23N5OS2/c1-4-13-7-5-6-12(2)16(13)21-17-23-24-18(27-17)26-10-15(25)22-19(3,11-20)14-8-9-14/h5-7,14H,4,8-10H2,1-3H3,(H,21,23)(H,22,25). The number of amides is 1. The van der Waals surface area contributed by atoms with Crippen molar-refractivity contribution < 1.29 is 4.79 Å². The minimum Gasteiger partial charge on any atom is -0.337 e. The molecule has 1 aromatic carbocycles. The van der Waals surface area contributed by atoms with Gasteiger partial charge in [0.1, 0.15) is 5.54 Å². The maximum Gasteiger partial charge on any atom is 0.231 e. The molecule has 1 fully saturated rings. The molecule has 0 aliphatic heterocycles. The van der Waals surface area contributed by atoms with Crippen LogP contribution in [-0.2, 0) is 11.2 Å². The van der Waals surface area contributed by atoms with Gasteiger partial charge in [-0.05, 0) is 50.2 Å². The molecule has 1 aromatic heterocycles. The average molecular weight is 402 g/mol. The Morgan fingerprint density at radius 3 is 2.89 bits per heavy atom. The number of nitrogens with one attached hydrogen (secondary N) is 2. The summed E-state index contributed by atoms with van der Waals surface area (Å²) in [5.41, 5.74) is 2.70. The smallest absolute Gasteiger partial charge is 0.231 e. The molecule has 0 saturated heterocycles. The molecule has 1 unspecified atom stereocenters. The number of aryl methyl sites for hydroxylation is 2. The first-order chi connectivity index (χ1) is 12.9. The zero-order chi connectivity index (χ0) is 19.4. The van der Waals surface area contributed by atoms with Gasteiger partial charge in [-0.1, -0.05) is 48.2 Å². The molecule has 1 heterocycles. The first kappa shape index (κ1) is 19.6. The number of rotatable bonds is 8. The number of carbonyl (C=O) groups is 1. The van der Waals surface area contributed by atoms with Gasteiger partial charge in [0.15, 0.2) is 4.34 Å². The van der Waals surface area contributed by atoms with E-state index in [-0.39, 0.29) is 17.6 Å². The average Bonchev–Trinajstić information content (AvgIpc) is 3.43. The van der Waals surface area contributed by atoms with Gasteiger partial charge in [0.05, 0.1) is 11.8 Å². The summed E-state index contributed by atoms with van der Waals surface area (Å²) in [4.78, 5) is 12.2. The fraction of sp³-hybridized carbons (Fsp3) is 0.474. The summed E-state index contributed by atoms with van der Waals surface area (Å²) in [6.45, 7) is 5.99. The predicted molar refractivity (Wildman–Crippen MR) is 109 cm³/mol. The number of nitriles is 1. The highest BCUT2D eigenvalue weighted by Crippen LogP contribution is 2.39. The number of aromatic nitrogens is 2. The number of para-hydroxylation sites is 1. The quantitative estimate of drug-likeness (QED) is 0.649. The zero-order valence-corrected chi connectivity index (χ0v) is 17.3. The fourth-order valence-electron chi connectivity index (χ4n) is 2.96. The number of hydrogen-bond donors (Lipinski definition) is 2. The van der Waals surface area contributed by atoms with E-state index in [1.165, 1.54) is 28.7 Å². The summed E-state index contributed by atoms with van der Waals surface area (Å²) in [7, 11) is 0. The highest BCUT2D eigenvalue weighted by molar-refractivity contribution is 8.01. The van der Waals surface area contributed by atoms with E-state index in [9.17, 15) is 10.1 Å². The molecule has 3 rings (SSSR count). The first-order valence-corrected chi connectivity index (χ1v) is 10.8. The van der Waals surface area contributed by atoms with Crippen molar-refractivity contribution in [3.05, 3.63) is 29.3 Å². The van der Waals surface area contributed by atoms with E-state index in [0.29, 0.717) is 5.13 Å². The minimum atomic E-state index is -0.757. The third kappa shape index (κ3) is 4.79. The summed E-state index contributed by atoms with van der Waals surface area (Å²) >= 11 is 2.77. The Balaban J connectivity index is 1.57. The van der Waals surface area contributed by atoms with Gasteiger partial charge in [-0.2, -0.15) is 5.26 Å². The van der Waals surface area contributed by atoms with Crippen LogP contribution in [0.25, 0.3) is 0 Å². The maximum absolute atomic E-state index is 12.2. The van der Waals surface area contributed by atoms with Crippen molar-refractivity contribution in [2.45, 2.75) is 49.9 Å². The summed E-state index contributed by atoms with van der Waals surface area (Å²) in [5, 5.41) is 24.6. The van der Waals surface area contributed by atoms with Gasteiger partial charge in [-0.3, -0.25) is 4.79 Å². The lowest BCUT2D eigenvalue weighted by Gasteiger charge is -2.22. The van der Waals surface area contributed by atoms with Crippen molar-refractivity contribution in [2.24, 2.45) is 5.92 Å². The van der Waals surface area contributed by atoms with Crippen molar-refractivity contribution >= 4 is 39.8 Å². The Kier molecular flexibility index (Phi) is 6.02. The van der Waals surface area contributed by atoms with Crippen molar-refractivity contribution in [2.75, 3.05) is 11.1 Å². The van der Waals surface area contributed by atoms with Crippen LogP contribution >= 0.6 is 23.1 Å². The lowest BCUT2D eigenvalue weighted by atomic mass is 9.98. The van der Waals surface area contributed by atoms with Crippen LogP contribution in [0.5, 0.6) is 0 Å². The van der Waals surface area contributed by atoms with Crippen LogP contribution in [-0.4, -0.2) is 27.4 Å². The molecule has 8 heteroatoms. The van der Waals surface area contributed by atoms with Gasteiger partial charge in [0.25, 0.3) is 0 Å². The number of hydrogen-bond acceptors (Lipinski definition) is 7. The second kappa shape index (κ2) is 8.28. The number of nitrogens with zero attached hydrogens (tertiary/aromatic N) is 3. The second-order valence-corrected chi connectivity index (χ2v) is 9.09. The molecule has 2 aromatic rings. The van der Waals surface area contributed by atoms with E-state index in [4.69, 9.17) is 0 Å². The van der Waals surface area contributed by atoms with Gasteiger partial charge >= 0.3 is 0 Å². The monoisotopic (exact) mass is 401 g/mol. The summed E-state index contributed by atoms with van der Waals surface area (Å²) in [5.74, 6) is 0.354. The minimum absolute atomic E-state index is 0.146. The maximum atomic E-state index is 12.2. The van der Waals surface area contributed by atoms with E-state index >= 15 is 0 Å². The Bertz CT molecular complexity index is 871. The number of anilines is 2. The molecule has 0 bridgehead atoms. The molecule has 0 spiro atoms. The van der Waals surface area contributed by atoms with Crippen LogP contribution in [0.1, 0.15) is 37.8 Å². The molecule has 6 nitrogen and oxygen atoms in total. The molecular weight excluding hydrogens is 378 g/mol. The van der Waals surface area contributed by atoms with Gasteiger partial charge in [-0.15, -0.1) is 10.2 Å². The van der Waals surface area contributed by atoms with Crippen molar-refractivity contribution in [1.29, 1.82) is 5.26 Å². The Labute approximate surface area is 167 Å². The molecule has 2 N–H and O–H groups in total. The summed E-state index contributed by atoms with van der Waals surface area (Å²) < 4.78 is 0.726. The van der Waals surface area contributed by atoms with E-state index in [2.05, 4.69) is 58.9 Å². The number of carbonyl (C=O) groups excluding carboxylic acids is 1. The molecule has 1 amide bonds. The predicted octanol–water partition coefficient (Wildman–Crippen LogP) is 4.05. The van der Waals surface area contributed by atoms with Gasteiger partial charge in [0.2, 0.25) is 11.0 Å². The Morgan fingerprint density at radius 2 is 2.22 bits per heavy atom. The van der Waals surface area contributed by atoms with E-state index in [1.54, 1.807) is 6.92 Å². The first-order valence-electron chi connectivity index (χ1n) is 8.99. The van der Waals surface area contributed by atoms with Crippen molar-refractivity contribution in [3.8, 4) is 6.07 Å². The molecule has 1 atom stereocenters. The second-order valence-electron chi connectivity index (χ2n) is 6.89. The van der Waals surface area contributed by atoms with Gasteiger partial charge in [-0.25, -0.2) is 0 Å². The third-order valence-electron chi connectivity index (χ3n) is 4.73. The van der Waals surface area contributed by atoms with Crippen LogP contribution in [0.4, 0.5) is 10.8 Å². The number of benzene rings is 1. The largest absolute Gasteiger partial charge is 0.337 e. The van der Waals surface area contributed by atoms with E-state index < -0.39 is 5.54 Å². The highest BCUT2D eigenvalue weighted by atomic mass is 32.2. The summed E-state index contributed by atoms with van der Waals surface area (Å²) in [6.07, 6.45) is 2.94. The van der Waals surface area contributed by atoms with Crippen LogP contribution in [0.3, 0.4) is 0 Å². The van der Waals surface area contributed by atoms with Crippen LogP contribution in [0.2, 0.25) is 0 Å². The molecule has 27 heavy (non-hydrogen) atoms. The van der Waals surface area contributed by atoms with E-state index in [1.807, 2.05) is 0 Å². The zero-order valence-electron chi connectivity index (χ0n) is 15.7. The fourth-order valence-corrected chi connectivity index (χ4v) is 4.52. The molecular formula is C19H23N5OS2. The lowest BCUT2D eigenvalue weighted by molar-refractivity contribution is -0.119. The van der Waals surface area contributed by atoms with Crippen LogP contribution in [0, 0.1) is 24.2 Å². The van der Waals surface area contributed by atoms with Gasteiger partial charge < -0.3 is 10.6 Å². The van der Waals surface area contributed by atoms with Crippen LogP contribution < -0.4 is 10.6 Å². The molecule has 1 saturated carbocycles. The highest BCUT2D eigenvalue weighted by Gasteiger charge is 2.42. The van der Waals surface area contributed by atoms with Crippen molar-refractivity contribution in [3.63, 3.8) is 0 Å². The third-order valence-corrected chi connectivity index (χ3v) is 6.70. The summed E-state index contributed by atoms with van der Waals surface area (Å²) in [6, 6.07) is 8.46. The molecule has 0 radical (unpaired) electrons. The van der Waals surface area contributed by atoms with E-state index in [0.717, 1.165) is 34.9 Å². The van der Waals surface area contributed by atoms with Gasteiger partial charge in [0, 0.05) is 5.69 Å². The normalized spacial score (nSPS) is 15.6. The SMILES string of the molecule is CCc1cccc(C)c1Nc1nnc(SCC(=O)NC(C)(C#N)C2CC2)s1. The molecule has 1 aliphatic carbocycles. The number of thioether (sulfide) groups is 1.